The Bertz CT molecular complexity index is 256. The van der Waals surface area contributed by atoms with Crippen molar-refractivity contribution in [1.82, 2.24) is 0 Å². The van der Waals surface area contributed by atoms with Gasteiger partial charge in [0.2, 0.25) is 0 Å². The fourth-order valence-corrected chi connectivity index (χ4v) is 2.98. The van der Waals surface area contributed by atoms with E-state index in [0.717, 1.165) is 30.6 Å². The summed E-state index contributed by atoms with van der Waals surface area (Å²) in [7, 11) is 0. The molecule has 1 unspecified atom stereocenters. The van der Waals surface area contributed by atoms with E-state index in [-0.39, 0.29) is 0 Å². The Hall–Kier alpha value is -0.330. The zero-order chi connectivity index (χ0) is 18.2. The molecule has 0 aromatic carbocycles. The van der Waals surface area contributed by atoms with E-state index < -0.39 is 6.17 Å². The van der Waals surface area contributed by atoms with Crippen LogP contribution in [0.5, 0.6) is 0 Å². The van der Waals surface area contributed by atoms with Gasteiger partial charge in [-0.25, -0.2) is 4.39 Å². The normalized spacial score (nSPS) is 21.0. The van der Waals surface area contributed by atoms with Gasteiger partial charge in [-0.3, -0.25) is 0 Å². The second kappa shape index (κ2) is 16.2. The SMILES string of the molecule is C=CCC1CCC1.CC.CC1CCC1.CCC(F)CCC1CCC1. The van der Waals surface area contributed by atoms with Crippen molar-refractivity contribution >= 4 is 0 Å². The number of allylic oxidation sites excluding steroid dienone is 1. The van der Waals surface area contributed by atoms with Crippen molar-refractivity contribution in [2.75, 3.05) is 0 Å². The molecule has 0 amide bonds. The summed E-state index contributed by atoms with van der Waals surface area (Å²) in [5, 5.41) is 0. The molecule has 144 valence electrons. The molecule has 0 heterocycles. The predicted molar refractivity (Wildman–Crippen MR) is 108 cm³/mol. The largest absolute Gasteiger partial charge is 0.248 e. The first-order chi connectivity index (χ1) is 11.7. The highest BCUT2D eigenvalue weighted by atomic mass is 19.1. The van der Waals surface area contributed by atoms with Gasteiger partial charge in [-0.05, 0) is 43.4 Å². The Labute approximate surface area is 152 Å². The molecule has 3 rings (SSSR count). The lowest BCUT2D eigenvalue weighted by Crippen LogP contribution is -2.12. The molecule has 0 N–H and O–H groups in total. The van der Waals surface area contributed by atoms with Gasteiger partial charge < -0.3 is 0 Å². The monoisotopic (exact) mass is 340 g/mol. The van der Waals surface area contributed by atoms with E-state index in [0.29, 0.717) is 6.42 Å². The van der Waals surface area contributed by atoms with Gasteiger partial charge in [-0.2, -0.15) is 0 Å². The molecular weight excluding hydrogens is 295 g/mol. The van der Waals surface area contributed by atoms with E-state index in [2.05, 4.69) is 13.5 Å². The fourth-order valence-electron chi connectivity index (χ4n) is 2.98. The molecule has 0 spiro atoms. The van der Waals surface area contributed by atoms with E-state index in [9.17, 15) is 4.39 Å². The molecule has 0 nitrogen and oxygen atoms in total. The van der Waals surface area contributed by atoms with Crippen molar-refractivity contribution in [1.29, 1.82) is 0 Å². The maximum Gasteiger partial charge on any atom is 0.0999 e. The van der Waals surface area contributed by atoms with Crippen LogP contribution in [0.4, 0.5) is 4.39 Å². The smallest absolute Gasteiger partial charge is 0.0999 e. The summed E-state index contributed by atoms with van der Waals surface area (Å²) in [6, 6.07) is 0. The summed E-state index contributed by atoms with van der Waals surface area (Å²) in [5.74, 6) is 2.96. The molecule has 0 bridgehead atoms. The molecule has 3 fully saturated rings. The minimum absolute atomic E-state index is 0.527. The zero-order valence-corrected chi connectivity index (χ0v) is 17.2. The van der Waals surface area contributed by atoms with Crippen LogP contribution in [0.15, 0.2) is 12.7 Å². The third-order valence-corrected chi connectivity index (χ3v) is 5.67. The molecule has 3 aliphatic rings. The molecule has 3 aliphatic carbocycles. The molecule has 3 saturated carbocycles. The average Bonchev–Trinajstić information content (AvgIpc) is 2.50. The van der Waals surface area contributed by atoms with E-state index in [1.807, 2.05) is 26.8 Å². The third kappa shape index (κ3) is 12.1. The van der Waals surface area contributed by atoms with Crippen molar-refractivity contribution in [2.24, 2.45) is 17.8 Å². The number of halogens is 1. The summed E-state index contributed by atoms with van der Waals surface area (Å²) >= 11 is 0. The molecule has 0 aromatic rings. The Balaban J connectivity index is 0.000000330. The minimum Gasteiger partial charge on any atom is -0.248 e. The molecule has 0 aliphatic heterocycles. The Kier molecular flexibility index (Phi) is 15.9. The highest BCUT2D eigenvalue weighted by molar-refractivity contribution is 4.78. The van der Waals surface area contributed by atoms with Gasteiger partial charge in [0.1, 0.15) is 0 Å². The van der Waals surface area contributed by atoms with Crippen molar-refractivity contribution in [3.05, 3.63) is 12.7 Å². The lowest BCUT2D eigenvalue weighted by atomic mass is 9.81. The van der Waals surface area contributed by atoms with Gasteiger partial charge in [0.25, 0.3) is 0 Å². The molecule has 1 atom stereocenters. The molecule has 0 aromatic heterocycles. The molecular formula is C23H45F. The number of rotatable bonds is 6. The third-order valence-electron chi connectivity index (χ3n) is 5.67. The molecule has 0 radical (unpaired) electrons. The van der Waals surface area contributed by atoms with Gasteiger partial charge in [-0.1, -0.05) is 91.6 Å². The van der Waals surface area contributed by atoms with Crippen molar-refractivity contribution in [2.45, 2.75) is 117 Å². The first kappa shape index (κ1) is 23.7. The van der Waals surface area contributed by atoms with Crippen LogP contribution < -0.4 is 0 Å². The first-order valence-electron chi connectivity index (χ1n) is 10.9. The van der Waals surface area contributed by atoms with Crippen LogP contribution in [0.25, 0.3) is 0 Å². The van der Waals surface area contributed by atoms with Crippen molar-refractivity contribution < 1.29 is 4.39 Å². The second-order valence-electron chi connectivity index (χ2n) is 7.74. The van der Waals surface area contributed by atoms with E-state index in [1.165, 1.54) is 64.2 Å². The second-order valence-corrected chi connectivity index (χ2v) is 7.74. The van der Waals surface area contributed by atoms with Crippen LogP contribution in [-0.2, 0) is 0 Å². The van der Waals surface area contributed by atoms with Crippen LogP contribution in [0.1, 0.15) is 111 Å². The summed E-state index contributed by atoms with van der Waals surface area (Å²) in [4.78, 5) is 0. The van der Waals surface area contributed by atoms with Gasteiger partial charge in [-0.15, -0.1) is 6.58 Å². The Morgan fingerprint density at radius 1 is 0.958 bits per heavy atom. The van der Waals surface area contributed by atoms with Crippen LogP contribution in [0, 0.1) is 17.8 Å². The van der Waals surface area contributed by atoms with Gasteiger partial charge in [0, 0.05) is 0 Å². The average molecular weight is 341 g/mol. The maximum absolute atomic E-state index is 12.7. The predicted octanol–water partition coefficient (Wildman–Crippen LogP) is 8.51. The van der Waals surface area contributed by atoms with Crippen molar-refractivity contribution in [3.63, 3.8) is 0 Å². The van der Waals surface area contributed by atoms with Crippen LogP contribution in [-0.4, -0.2) is 6.17 Å². The lowest BCUT2D eigenvalue weighted by molar-refractivity contribution is 0.233. The van der Waals surface area contributed by atoms with Crippen LogP contribution in [0.2, 0.25) is 0 Å². The van der Waals surface area contributed by atoms with Crippen molar-refractivity contribution in [3.8, 4) is 0 Å². The number of alkyl halides is 1. The maximum atomic E-state index is 12.7. The fraction of sp³-hybridized carbons (Fsp3) is 0.913. The molecule has 0 saturated heterocycles. The minimum atomic E-state index is -0.527. The summed E-state index contributed by atoms with van der Waals surface area (Å²) < 4.78 is 12.7. The Morgan fingerprint density at radius 3 is 1.62 bits per heavy atom. The summed E-state index contributed by atoms with van der Waals surface area (Å²) in [6.07, 6.45) is 18.3. The standard InChI is InChI=1S/C9H17F.C7H12.C5H10.C2H6/c1-2-9(10)7-6-8-4-3-5-8;1-2-4-7-5-3-6-7;1-5-3-2-4-5;1-2/h8-9H,2-7H2,1H3;2,7H,1,3-6H2;5H,2-4H2,1H3;1-2H3. The number of hydrogen-bond acceptors (Lipinski definition) is 0. The zero-order valence-electron chi connectivity index (χ0n) is 17.2. The molecule has 24 heavy (non-hydrogen) atoms. The summed E-state index contributed by atoms with van der Waals surface area (Å²) in [6.45, 7) is 11.9. The number of hydrogen-bond donors (Lipinski definition) is 0. The Morgan fingerprint density at radius 2 is 1.42 bits per heavy atom. The lowest BCUT2D eigenvalue weighted by Gasteiger charge is -2.25. The highest BCUT2D eigenvalue weighted by Crippen LogP contribution is 2.31. The first-order valence-corrected chi connectivity index (χ1v) is 10.9. The van der Waals surface area contributed by atoms with Crippen LogP contribution in [0.3, 0.4) is 0 Å². The van der Waals surface area contributed by atoms with E-state index in [4.69, 9.17) is 0 Å². The quantitative estimate of drug-likeness (QED) is 0.425. The van der Waals surface area contributed by atoms with Gasteiger partial charge in [0.05, 0.1) is 6.17 Å². The molecule has 1 heteroatoms. The van der Waals surface area contributed by atoms with E-state index >= 15 is 0 Å². The van der Waals surface area contributed by atoms with Crippen LogP contribution >= 0.6 is 0 Å². The van der Waals surface area contributed by atoms with Gasteiger partial charge in [0.15, 0.2) is 0 Å². The summed E-state index contributed by atoms with van der Waals surface area (Å²) in [5.41, 5.74) is 0. The van der Waals surface area contributed by atoms with Gasteiger partial charge >= 0.3 is 0 Å². The van der Waals surface area contributed by atoms with E-state index in [1.54, 1.807) is 0 Å². The topological polar surface area (TPSA) is 0 Å². The highest BCUT2D eigenvalue weighted by Gasteiger charge is 2.18.